The number of hydrogen-bond donors (Lipinski definition) is 1. The second-order valence-electron chi connectivity index (χ2n) is 7.70. The van der Waals surface area contributed by atoms with Gasteiger partial charge in [0.25, 0.3) is 0 Å². The molecule has 2 bridgehead atoms. The molecule has 2 fully saturated rings. The van der Waals surface area contributed by atoms with E-state index in [1.165, 1.54) is 31.2 Å². The van der Waals surface area contributed by atoms with Gasteiger partial charge < -0.3 is 14.8 Å². The molecule has 1 aromatic carbocycles. The number of hydrogen-bond acceptors (Lipinski definition) is 4. The third kappa shape index (κ3) is 3.14. The van der Waals surface area contributed by atoms with Crippen molar-refractivity contribution in [3.05, 3.63) is 29.3 Å². The zero-order valence-corrected chi connectivity index (χ0v) is 15.1. The third-order valence-electron chi connectivity index (χ3n) is 6.26. The number of nitrogens with one attached hydrogen (secondary N) is 1. The molecule has 0 saturated heterocycles. The van der Waals surface area contributed by atoms with Gasteiger partial charge in [0, 0.05) is 30.3 Å². The number of ether oxygens (including phenoxy) is 2. The first-order valence-electron chi connectivity index (χ1n) is 9.41. The van der Waals surface area contributed by atoms with Crippen LogP contribution in [0.25, 0.3) is 5.70 Å². The van der Waals surface area contributed by atoms with Crippen LogP contribution in [-0.2, 0) is 11.2 Å². The Kier molecular flexibility index (Phi) is 4.45. The average Bonchev–Trinajstić information content (AvgIpc) is 3.23. The Morgan fingerprint density at radius 1 is 1.20 bits per heavy atom. The van der Waals surface area contributed by atoms with E-state index in [4.69, 9.17) is 9.47 Å². The number of methoxy groups -OCH3 is 2. The van der Waals surface area contributed by atoms with Gasteiger partial charge >= 0.3 is 0 Å². The zero-order chi connectivity index (χ0) is 17.4. The van der Waals surface area contributed by atoms with Gasteiger partial charge in [-0.25, -0.2) is 0 Å². The summed E-state index contributed by atoms with van der Waals surface area (Å²) in [5, 5.41) is 3.40. The number of fused-ring (bicyclic) bond motifs is 3. The summed E-state index contributed by atoms with van der Waals surface area (Å²) in [4.78, 5) is 12.7. The van der Waals surface area contributed by atoms with Gasteiger partial charge in [0.1, 0.15) is 0 Å². The summed E-state index contributed by atoms with van der Waals surface area (Å²) < 4.78 is 10.8. The van der Waals surface area contributed by atoms with Crippen LogP contribution in [0.1, 0.15) is 43.2 Å². The van der Waals surface area contributed by atoms with Crippen LogP contribution in [0.4, 0.5) is 0 Å². The Balaban J connectivity index is 1.55. The molecule has 3 atom stereocenters. The lowest BCUT2D eigenvalue weighted by atomic mass is 9.85. The standard InChI is InChI=1S/C21H27NO3/c1-24-20-10-15-5-6-22-19(18(15)12-21(20)25-2)11-17(23)9-16-8-13-3-4-14(16)7-13/h10-14,16,22H,3-9H2,1-2H3/b19-11-/t13-,14+,16+/m1/s1. The first kappa shape index (κ1) is 16.5. The van der Waals surface area contributed by atoms with Gasteiger partial charge in [-0.3, -0.25) is 4.79 Å². The minimum absolute atomic E-state index is 0.252. The topological polar surface area (TPSA) is 47.6 Å². The van der Waals surface area contributed by atoms with Gasteiger partial charge in [0.05, 0.1) is 14.2 Å². The van der Waals surface area contributed by atoms with E-state index in [0.717, 1.165) is 41.8 Å². The summed E-state index contributed by atoms with van der Waals surface area (Å²) in [6.45, 7) is 0.843. The van der Waals surface area contributed by atoms with Gasteiger partial charge in [0.15, 0.2) is 17.3 Å². The molecule has 1 aromatic rings. The van der Waals surface area contributed by atoms with Gasteiger partial charge in [-0.15, -0.1) is 0 Å². The Hall–Kier alpha value is -1.97. The number of benzene rings is 1. The minimum atomic E-state index is 0.252. The van der Waals surface area contributed by atoms with E-state index < -0.39 is 0 Å². The molecular formula is C21H27NO3. The van der Waals surface area contributed by atoms with Crippen LogP contribution in [0.2, 0.25) is 0 Å². The van der Waals surface area contributed by atoms with Crippen molar-refractivity contribution < 1.29 is 14.3 Å². The normalized spacial score (nSPS) is 28.6. The second kappa shape index (κ2) is 6.74. The monoisotopic (exact) mass is 341 g/mol. The van der Waals surface area contributed by atoms with Gasteiger partial charge in [0.2, 0.25) is 0 Å². The fourth-order valence-electron chi connectivity index (χ4n) is 5.04. The number of rotatable bonds is 5. The summed E-state index contributed by atoms with van der Waals surface area (Å²) in [5.41, 5.74) is 3.19. The Labute approximate surface area is 149 Å². The van der Waals surface area contributed by atoms with Crippen molar-refractivity contribution in [2.24, 2.45) is 17.8 Å². The van der Waals surface area contributed by atoms with Crippen LogP contribution in [0.5, 0.6) is 11.5 Å². The summed E-state index contributed by atoms with van der Waals surface area (Å²) in [5.74, 6) is 4.00. The van der Waals surface area contributed by atoms with Crippen LogP contribution in [0, 0.1) is 17.8 Å². The number of carbonyl (C=O) groups is 1. The van der Waals surface area contributed by atoms with E-state index >= 15 is 0 Å². The molecular weight excluding hydrogens is 314 g/mol. The molecule has 2 saturated carbocycles. The molecule has 0 unspecified atom stereocenters. The lowest BCUT2D eigenvalue weighted by molar-refractivity contribution is -0.115. The fraction of sp³-hybridized carbons (Fsp3) is 0.571. The van der Waals surface area contributed by atoms with Crippen LogP contribution >= 0.6 is 0 Å². The molecule has 1 heterocycles. The molecule has 3 aliphatic rings. The van der Waals surface area contributed by atoms with E-state index in [1.807, 2.05) is 18.2 Å². The molecule has 0 radical (unpaired) electrons. The maximum Gasteiger partial charge on any atom is 0.161 e. The largest absolute Gasteiger partial charge is 0.493 e. The Morgan fingerprint density at radius 2 is 2.00 bits per heavy atom. The number of ketones is 1. The molecule has 2 aliphatic carbocycles. The first-order valence-corrected chi connectivity index (χ1v) is 9.41. The highest BCUT2D eigenvalue weighted by atomic mass is 16.5. The zero-order valence-electron chi connectivity index (χ0n) is 15.1. The summed E-state index contributed by atoms with van der Waals surface area (Å²) >= 11 is 0. The summed E-state index contributed by atoms with van der Waals surface area (Å²) in [7, 11) is 3.30. The van der Waals surface area contributed by atoms with Crippen molar-refractivity contribution in [2.45, 2.75) is 38.5 Å². The third-order valence-corrected chi connectivity index (χ3v) is 6.26. The van der Waals surface area contributed by atoms with Crippen LogP contribution in [0.15, 0.2) is 18.2 Å². The number of carbonyl (C=O) groups excluding carboxylic acids is 1. The van der Waals surface area contributed by atoms with Crippen LogP contribution < -0.4 is 14.8 Å². The van der Waals surface area contributed by atoms with Crippen molar-refractivity contribution in [1.82, 2.24) is 5.32 Å². The van der Waals surface area contributed by atoms with Crippen molar-refractivity contribution >= 4 is 11.5 Å². The summed E-state index contributed by atoms with van der Waals surface area (Å²) in [6, 6.07) is 4.01. The molecule has 25 heavy (non-hydrogen) atoms. The molecule has 4 nitrogen and oxygen atoms in total. The SMILES string of the molecule is COc1cc2c(cc1OC)/C(=C/C(=O)C[C@@H]1C[C@@H]3CC[C@H]1C3)NCC2. The van der Waals surface area contributed by atoms with Crippen LogP contribution in [0.3, 0.4) is 0 Å². The molecule has 0 spiro atoms. The van der Waals surface area contributed by atoms with Gasteiger partial charge in [-0.05, 0) is 61.1 Å². The van der Waals surface area contributed by atoms with E-state index in [2.05, 4.69) is 5.32 Å². The molecule has 4 heteroatoms. The maximum absolute atomic E-state index is 12.7. The van der Waals surface area contributed by atoms with Crippen molar-refractivity contribution in [1.29, 1.82) is 0 Å². The lowest BCUT2D eigenvalue weighted by Gasteiger charge is -2.24. The second-order valence-corrected chi connectivity index (χ2v) is 7.70. The van der Waals surface area contributed by atoms with E-state index in [-0.39, 0.29) is 5.78 Å². The smallest absolute Gasteiger partial charge is 0.161 e. The average molecular weight is 341 g/mol. The molecule has 1 aliphatic heterocycles. The molecule has 1 N–H and O–H groups in total. The van der Waals surface area contributed by atoms with Crippen molar-refractivity contribution in [3.8, 4) is 11.5 Å². The molecule has 0 amide bonds. The van der Waals surface area contributed by atoms with Crippen molar-refractivity contribution in [2.75, 3.05) is 20.8 Å². The van der Waals surface area contributed by atoms with Gasteiger partial charge in [-0.2, -0.15) is 0 Å². The highest BCUT2D eigenvalue weighted by molar-refractivity contribution is 5.97. The molecule has 134 valence electrons. The van der Waals surface area contributed by atoms with Crippen LogP contribution in [-0.4, -0.2) is 26.5 Å². The predicted molar refractivity (Wildman–Crippen MR) is 97.8 cm³/mol. The Bertz CT molecular complexity index is 709. The maximum atomic E-state index is 12.7. The highest BCUT2D eigenvalue weighted by Gasteiger charge is 2.39. The fourth-order valence-corrected chi connectivity index (χ4v) is 5.04. The quantitative estimate of drug-likeness (QED) is 0.832. The minimum Gasteiger partial charge on any atom is -0.493 e. The van der Waals surface area contributed by atoms with Gasteiger partial charge in [-0.1, -0.05) is 6.42 Å². The van der Waals surface area contributed by atoms with Crippen molar-refractivity contribution in [3.63, 3.8) is 0 Å². The van der Waals surface area contributed by atoms with E-state index in [9.17, 15) is 4.79 Å². The van der Waals surface area contributed by atoms with E-state index in [1.54, 1.807) is 14.2 Å². The molecule has 0 aromatic heterocycles. The Morgan fingerprint density at radius 3 is 2.68 bits per heavy atom. The predicted octanol–water partition coefficient (Wildman–Crippen LogP) is 3.59. The summed E-state index contributed by atoms with van der Waals surface area (Å²) in [6.07, 6.45) is 8.77. The first-order chi connectivity index (χ1) is 12.2. The molecule has 4 rings (SSSR count). The lowest BCUT2D eigenvalue weighted by Crippen LogP contribution is -2.24. The number of allylic oxidation sites excluding steroid dienone is 1. The highest BCUT2D eigenvalue weighted by Crippen LogP contribution is 2.49. The van der Waals surface area contributed by atoms with E-state index in [0.29, 0.717) is 18.1 Å².